The lowest BCUT2D eigenvalue weighted by Gasteiger charge is -2.07. The molecule has 3 rings (SSSR count). The molecule has 0 saturated heterocycles. The van der Waals surface area contributed by atoms with Crippen LogP contribution in [-0.4, -0.2) is 19.5 Å². The van der Waals surface area contributed by atoms with Crippen LogP contribution in [0.4, 0.5) is 0 Å². The van der Waals surface area contributed by atoms with Crippen molar-refractivity contribution in [1.82, 2.24) is 19.5 Å². The Labute approximate surface area is 110 Å². The van der Waals surface area contributed by atoms with Crippen molar-refractivity contribution < 1.29 is 0 Å². The van der Waals surface area contributed by atoms with Crippen LogP contribution in [-0.2, 0) is 0 Å². The van der Waals surface area contributed by atoms with Crippen LogP contribution >= 0.6 is 0 Å². The fourth-order valence-corrected chi connectivity index (χ4v) is 2.31. The molecule has 5 heteroatoms. The first-order valence-corrected chi connectivity index (χ1v) is 6.18. The Hall–Kier alpha value is -2.43. The Morgan fingerprint density at radius 2 is 2.11 bits per heavy atom. The zero-order chi connectivity index (χ0) is 13.4. The number of hydrogen-bond acceptors (Lipinski definition) is 3. The SMILES string of the molecule is CC(C)n1c(=O)[nH]c2c(-c3cnccn3)cccc21. The third kappa shape index (κ3) is 1.83. The minimum Gasteiger partial charge on any atom is -0.305 e. The van der Waals surface area contributed by atoms with E-state index in [4.69, 9.17) is 0 Å². The molecule has 0 aliphatic carbocycles. The number of aromatic nitrogens is 4. The predicted molar refractivity (Wildman–Crippen MR) is 74.0 cm³/mol. The molecule has 19 heavy (non-hydrogen) atoms. The van der Waals surface area contributed by atoms with E-state index >= 15 is 0 Å². The summed E-state index contributed by atoms with van der Waals surface area (Å²) >= 11 is 0. The molecule has 1 N–H and O–H groups in total. The summed E-state index contributed by atoms with van der Waals surface area (Å²) in [5.41, 5.74) is 3.25. The number of benzene rings is 1. The van der Waals surface area contributed by atoms with Crippen molar-refractivity contribution in [3.8, 4) is 11.3 Å². The van der Waals surface area contributed by atoms with Crippen LogP contribution in [0.5, 0.6) is 0 Å². The Balaban J connectivity index is 2.35. The van der Waals surface area contributed by atoms with Gasteiger partial charge in [-0.2, -0.15) is 0 Å². The van der Waals surface area contributed by atoms with Gasteiger partial charge in [0.2, 0.25) is 0 Å². The summed E-state index contributed by atoms with van der Waals surface area (Å²) in [5.74, 6) is 0. The van der Waals surface area contributed by atoms with Crippen LogP contribution in [0.2, 0.25) is 0 Å². The molecule has 2 aromatic heterocycles. The van der Waals surface area contributed by atoms with Crippen molar-refractivity contribution in [2.24, 2.45) is 0 Å². The second kappa shape index (κ2) is 4.35. The summed E-state index contributed by atoms with van der Waals surface area (Å²) in [5, 5.41) is 0. The molecule has 0 amide bonds. The fraction of sp³-hybridized carbons (Fsp3) is 0.214. The molecule has 1 aromatic carbocycles. The van der Waals surface area contributed by atoms with E-state index in [-0.39, 0.29) is 11.7 Å². The lowest BCUT2D eigenvalue weighted by molar-refractivity contribution is 0.598. The van der Waals surface area contributed by atoms with Crippen molar-refractivity contribution in [3.63, 3.8) is 0 Å². The molecule has 0 saturated carbocycles. The zero-order valence-corrected chi connectivity index (χ0v) is 10.8. The number of imidazole rings is 1. The molecule has 0 aliphatic rings. The molecule has 0 atom stereocenters. The van der Waals surface area contributed by atoms with Crippen LogP contribution in [0, 0.1) is 0 Å². The third-order valence-corrected chi connectivity index (χ3v) is 3.11. The number of hydrogen-bond donors (Lipinski definition) is 1. The molecule has 0 fully saturated rings. The predicted octanol–water partition coefficient (Wildman–Crippen LogP) is 2.37. The van der Waals surface area contributed by atoms with Gasteiger partial charge in [-0.1, -0.05) is 12.1 Å². The van der Waals surface area contributed by atoms with Gasteiger partial charge in [0, 0.05) is 24.0 Å². The number of nitrogens with zero attached hydrogens (tertiary/aromatic N) is 3. The first-order valence-electron chi connectivity index (χ1n) is 6.18. The van der Waals surface area contributed by atoms with E-state index in [0.717, 1.165) is 22.3 Å². The number of nitrogens with one attached hydrogen (secondary N) is 1. The first kappa shape index (κ1) is 11.6. The first-order chi connectivity index (χ1) is 9.18. The molecular formula is C14H14N4O. The highest BCUT2D eigenvalue weighted by Gasteiger charge is 2.13. The van der Waals surface area contributed by atoms with Gasteiger partial charge >= 0.3 is 5.69 Å². The highest BCUT2D eigenvalue weighted by atomic mass is 16.1. The van der Waals surface area contributed by atoms with E-state index < -0.39 is 0 Å². The van der Waals surface area contributed by atoms with Gasteiger partial charge in [-0.15, -0.1) is 0 Å². The molecule has 0 spiro atoms. The van der Waals surface area contributed by atoms with Crippen LogP contribution in [0.3, 0.4) is 0 Å². The van der Waals surface area contributed by atoms with Crippen molar-refractivity contribution in [1.29, 1.82) is 0 Å². The fourth-order valence-electron chi connectivity index (χ4n) is 2.31. The molecule has 0 aliphatic heterocycles. The van der Waals surface area contributed by atoms with Gasteiger partial charge < -0.3 is 4.98 Å². The second-order valence-electron chi connectivity index (χ2n) is 4.68. The highest BCUT2D eigenvalue weighted by Crippen LogP contribution is 2.25. The standard InChI is InChI=1S/C14H14N4O/c1-9(2)18-12-5-3-4-10(13(12)17-14(18)19)11-8-15-6-7-16-11/h3-9H,1-2H3,(H,17,19). The quantitative estimate of drug-likeness (QED) is 0.763. The van der Waals surface area contributed by atoms with Gasteiger partial charge in [0.15, 0.2) is 0 Å². The van der Waals surface area contributed by atoms with E-state index in [0.29, 0.717) is 0 Å². The van der Waals surface area contributed by atoms with Crippen LogP contribution in [0.25, 0.3) is 22.3 Å². The van der Waals surface area contributed by atoms with E-state index in [9.17, 15) is 4.79 Å². The zero-order valence-electron chi connectivity index (χ0n) is 10.8. The van der Waals surface area contributed by atoms with Crippen molar-refractivity contribution >= 4 is 11.0 Å². The molecule has 2 heterocycles. The maximum Gasteiger partial charge on any atom is 0.326 e. The minimum absolute atomic E-state index is 0.0960. The van der Waals surface area contributed by atoms with Gasteiger partial charge in [0.25, 0.3) is 0 Å². The largest absolute Gasteiger partial charge is 0.326 e. The van der Waals surface area contributed by atoms with Crippen LogP contribution in [0.1, 0.15) is 19.9 Å². The monoisotopic (exact) mass is 254 g/mol. The topological polar surface area (TPSA) is 63.6 Å². The van der Waals surface area contributed by atoms with Crippen LogP contribution < -0.4 is 5.69 Å². The molecule has 0 radical (unpaired) electrons. The highest BCUT2D eigenvalue weighted by molar-refractivity contribution is 5.90. The molecule has 3 aromatic rings. The average molecular weight is 254 g/mol. The molecule has 5 nitrogen and oxygen atoms in total. The Kier molecular flexibility index (Phi) is 2.67. The molecule has 0 bridgehead atoms. The summed E-state index contributed by atoms with van der Waals surface area (Å²) in [6.45, 7) is 3.98. The van der Waals surface area contributed by atoms with Crippen molar-refractivity contribution in [2.75, 3.05) is 0 Å². The maximum absolute atomic E-state index is 12.0. The molecular weight excluding hydrogens is 240 g/mol. The maximum atomic E-state index is 12.0. The smallest absolute Gasteiger partial charge is 0.305 e. The lowest BCUT2D eigenvalue weighted by Crippen LogP contribution is -2.18. The van der Waals surface area contributed by atoms with Gasteiger partial charge in [0.1, 0.15) is 0 Å². The Bertz CT molecular complexity index is 771. The van der Waals surface area contributed by atoms with E-state index in [1.807, 2.05) is 32.0 Å². The average Bonchev–Trinajstić information content (AvgIpc) is 2.75. The minimum atomic E-state index is -0.0960. The molecule has 96 valence electrons. The lowest BCUT2D eigenvalue weighted by atomic mass is 10.1. The van der Waals surface area contributed by atoms with Crippen LogP contribution in [0.15, 0.2) is 41.6 Å². The summed E-state index contributed by atoms with van der Waals surface area (Å²) in [6, 6.07) is 5.91. The number of fused-ring (bicyclic) bond motifs is 1. The second-order valence-corrected chi connectivity index (χ2v) is 4.68. The van der Waals surface area contributed by atoms with Gasteiger partial charge in [0.05, 0.1) is 22.9 Å². The van der Waals surface area contributed by atoms with Crippen molar-refractivity contribution in [2.45, 2.75) is 19.9 Å². The normalized spacial score (nSPS) is 11.3. The van der Waals surface area contributed by atoms with E-state index in [1.165, 1.54) is 0 Å². The number of para-hydroxylation sites is 1. The van der Waals surface area contributed by atoms with Crippen molar-refractivity contribution in [3.05, 3.63) is 47.3 Å². The number of aromatic amines is 1. The summed E-state index contributed by atoms with van der Waals surface area (Å²) in [4.78, 5) is 23.3. The summed E-state index contributed by atoms with van der Waals surface area (Å²) < 4.78 is 1.75. The van der Waals surface area contributed by atoms with E-state index in [1.54, 1.807) is 23.2 Å². The Morgan fingerprint density at radius 3 is 2.79 bits per heavy atom. The van der Waals surface area contributed by atoms with Gasteiger partial charge in [-0.05, 0) is 19.9 Å². The summed E-state index contributed by atoms with van der Waals surface area (Å²) in [7, 11) is 0. The van der Waals surface area contributed by atoms with Gasteiger partial charge in [-0.3, -0.25) is 14.5 Å². The third-order valence-electron chi connectivity index (χ3n) is 3.11. The Morgan fingerprint density at radius 1 is 1.26 bits per heavy atom. The summed E-state index contributed by atoms with van der Waals surface area (Å²) in [6.07, 6.45) is 4.97. The van der Waals surface area contributed by atoms with E-state index in [2.05, 4.69) is 15.0 Å². The molecule has 0 unspecified atom stereocenters. The van der Waals surface area contributed by atoms with Gasteiger partial charge in [-0.25, -0.2) is 4.79 Å². The number of H-pyrrole nitrogens is 1. The number of rotatable bonds is 2.